The zero-order valence-corrected chi connectivity index (χ0v) is 12.7. The van der Waals surface area contributed by atoms with Crippen molar-refractivity contribution in [3.8, 4) is 0 Å². The molecule has 96 valence electrons. The fraction of sp³-hybridized carbons (Fsp3) is 0.333. The number of hydrogen-bond acceptors (Lipinski definition) is 5. The second-order valence-corrected chi connectivity index (χ2v) is 5.78. The molecule has 2 aromatic heterocycles. The second-order valence-electron chi connectivity index (χ2n) is 3.97. The lowest BCUT2D eigenvalue weighted by atomic mass is 10.0. The van der Waals surface area contributed by atoms with Crippen molar-refractivity contribution in [2.24, 2.45) is 5.84 Å². The van der Waals surface area contributed by atoms with Crippen LogP contribution in [0.25, 0.3) is 0 Å². The lowest BCUT2D eigenvalue weighted by Gasteiger charge is -2.18. The molecule has 1 unspecified atom stereocenters. The summed E-state index contributed by atoms with van der Waals surface area (Å²) in [5.41, 5.74) is 5.84. The third-order valence-corrected chi connectivity index (χ3v) is 4.68. The molecule has 0 aliphatic rings. The highest BCUT2D eigenvalue weighted by atomic mass is 79.9. The van der Waals surface area contributed by atoms with E-state index in [1.165, 1.54) is 0 Å². The minimum Gasteiger partial charge on any atom is -0.271 e. The van der Waals surface area contributed by atoms with Gasteiger partial charge in [-0.3, -0.25) is 5.84 Å². The van der Waals surface area contributed by atoms with Gasteiger partial charge in [0.25, 0.3) is 0 Å². The van der Waals surface area contributed by atoms with Gasteiger partial charge in [0.2, 0.25) is 0 Å². The number of nitrogens with zero attached hydrogens (tertiary/aromatic N) is 2. The van der Waals surface area contributed by atoms with E-state index >= 15 is 0 Å². The van der Waals surface area contributed by atoms with E-state index in [-0.39, 0.29) is 6.04 Å². The number of aromatic nitrogens is 2. The van der Waals surface area contributed by atoms with Crippen LogP contribution in [0.1, 0.15) is 34.8 Å². The van der Waals surface area contributed by atoms with Crippen LogP contribution >= 0.6 is 27.3 Å². The molecule has 0 radical (unpaired) electrons. The standard InChI is InChI=1S/C12H15BrN4S/c1-3-10-8(6-7(2)16-17-10)11(15-14)12-9(13)4-5-18-12/h4-6,11,15H,3,14H2,1-2H3. The smallest absolute Gasteiger partial charge is 0.0832 e. The third-order valence-electron chi connectivity index (χ3n) is 2.75. The van der Waals surface area contributed by atoms with Crippen molar-refractivity contribution in [3.63, 3.8) is 0 Å². The van der Waals surface area contributed by atoms with Crippen LogP contribution in [-0.2, 0) is 6.42 Å². The fourth-order valence-corrected chi connectivity index (χ4v) is 3.56. The normalized spacial score (nSPS) is 12.7. The number of aryl methyl sites for hydroxylation is 2. The predicted molar refractivity (Wildman–Crippen MR) is 77.3 cm³/mol. The highest BCUT2D eigenvalue weighted by molar-refractivity contribution is 9.10. The first-order valence-corrected chi connectivity index (χ1v) is 7.36. The molecular formula is C12H15BrN4S. The Balaban J connectivity index is 2.51. The first-order chi connectivity index (χ1) is 8.67. The first kappa shape index (κ1) is 13.6. The highest BCUT2D eigenvalue weighted by Crippen LogP contribution is 2.33. The van der Waals surface area contributed by atoms with Crippen molar-refractivity contribution in [1.82, 2.24) is 15.6 Å². The summed E-state index contributed by atoms with van der Waals surface area (Å²) in [5.74, 6) is 5.73. The quantitative estimate of drug-likeness (QED) is 0.669. The van der Waals surface area contributed by atoms with Gasteiger partial charge in [-0.05, 0) is 46.8 Å². The average molecular weight is 327 g/mol. The molecule has 18 heavy (non-hydrogen) atoms. The Bertz CT molecular complexity index is 541. The van der Waals surface area contributed by atoms with Gasteiger partial charge in [0.05, 0.1) is 17.4 Å². The predicted octanol–water partition coefficient (Wildman–Crippen LogP) is 2.72. The van der Waals surface area contributed by atoms with Crippen molar-refractivity contribution in [1.29, 1.82) is 0 Å². The molecule has 0 spiro atoms. The SMILES string of the molecule is CCc1nnc(C)cc1C(NN)c1sccc1Br. The van der Waals surface area contributed by atoms with Crippen LogP contribution in [0.3, 0.4) is 0 Å². The Morgan fingerprint density at radius 2 is 2.28 bits per heavy atom. The lowest BCUT2D eigenvalue weighted by Crippen LogP contribution is -2.29. The lowest BCUT2D eigenvalue weighted by molar-refractivity contribution is 0.629. The molecular weight excluding hydrogens is 312 g/mol. The van der Waals surface area contributed by atoms with Crippen LogP contribution in [0.2, 0.25) is 0 Å². The van der Waals surface area contributed by atoms with Gasteiger partial charge in [-0.2, -0.15) is 10.2 Å². The van der Waals surface area contributed by atoms with E-state index in [2.05, 4.69) is 38.5 Å². The minimum absolute atomic E-state index is 0.0523. The summed E-state index contributed by atoms with van der Waals surface area (Å²) in [6.07, 6.45) is 0.837. The number of hydrazine groups is 1. The number of halogens is 1. The maximum Gasteiger partial charge on any atom is 0.0832 e. The molecule has 0 aliphatic carbocycles. The van der Waals surface area contributed by atoms with Crippen molar-refractivity contribution in [2.45, 2.75) is 26.3 Å². The topological polar surface area (TPSA) is 63.8 Å². The number of nitrogens with two attached hydrogens (primary N) is 1. The van der Waals surface area contributed by atoms with E-state index in [0.717, 1.165) is 32.7 Å². The Morgan fingerprint density at radius 1 is 1.50 bits per heavy atom. The van der Waals surface area contributed by atoms with Gasteiger partial charge < -0.3 is 0 Å². The van der Waals surface area contributed by atoms with Gasteiger partial charge in [-0.25, -0.2) is 5.43 Å². The van der Waals surface area contributed by atoms with E-state index < -0.39 is 0 Å². The summed E-state index contributed by atoms with van der Waals surface area (Å²) in [5, 5.41) is 10.4. The van der Waals surface area contributed by atoms with Crippen molar-refractivity contribution < 1.29 is 0 Å². The van der Waals surface area contributed by atoms with E-state index in [0.29, 0.717) is 0 Å². The molecule has 4 nitrogen and oxygen atoms in total. The van der Waals surface area contributed by atoms with E-state index in [4.69, 9.17) is 5.84 Å². The number of rotatable bonds is 4. The van der Waals surface area contributed by atoms with Crippen LogP contribution in [0.15, 0.2) is 22.0 Å². The van der Waals surface area contributed by atoms with Crippen LogP contribution in [0.5, 0.6) is 0 Å². The maximum atomic E-state index is 5.73. The zero-order valence-electron chi connectivity index (χ0n) is 10.3. The second kappa shape index (κ2) is 5.88. The molecule has 6 heteroatoms. The van der Waals surface area contributed by atoms with E-state index in [1.807, 2.05) is 24.4 Å². The third kappa shape index (κ3) is 2.61. The Morgan fingerprint density at radius 3 is 2.83 bits per heavy atom. The Kier molecular flexibility index (Phi) is 4.45. The molecule has 0 bridgehead atoms. The average Bonchev–Trinajstić information content (AvgIpc) is 2.77. The maximum absolute atomic E-state index is 5.73. The number of thiophene rings is 1. The van der Waals surface area contributed by atoms with Crippen LogP contribution in [-0.4, -0.2) is 10.2 Å². The largest absolute Gasteiger partial charge is 0.271 e. The van der Waals surface area contributed by atoms with Crippen LogP contribution in [0.4, 0.5) is 0 Å². The van der Waals surface area contributed by atoms with Gasteiger partial charge >= 0.3 is 0 Å². The van der Waals surface area contributed by atoms with Crippen LogP contribution < -0.4 is 11.3 Å². The summed E-state index contributed by atoms with van der Waals surface area (Å²) in [7, 11) is 0. The Labute approximate surface area is 119 Å². The molecule has 3 N–H and O–H groups in total. The molecule has 0 aromatic carbocycles. The van der Waals surface area contributed by atoms with Gasteiger partial charge in [0.1, 0.15) is 0 Å². The molecule has 0 amide bonds. The highest BCUT2D eigenvalue weighted by Gasteiger charge is 2.20. The molecule has 0 saturated carbocycles. The summed E-state index contributed by atoms with van der Waals surface area (Å²) in [6.45, 7) is 4.01. The summed E-state index contributed by atoms with van der Waals surface area (Å²) >= 11 is 5.21. The molecule has 1 atom stereocenters. The minimum atomic E-state index is -0.0523. The van der Waals surface area contributed by atoms with E-state index in [1.54, 1.807) is 11.3 Å². The molecule has 2 rings (SSSR count). The first-order valence-electron chi connectivity index (χ1n) is 5.69. The van der Waals surface area contributed by atoms with Gasteiger partial charge in [0, 0.05) is 14.9 Å². The van der Waals surface area contributed by atoms with Gasteiger partial charge in [-0.1, -0.05) is 6.92 Å². The van der Waals surface area contributed by atoms with Crippen molar-refractivity contribution >= 4 is 27.3 Å². The Hall–Kier alpha value is -0.820. The van der Waals surface area contributed by atoms with Crippen LogP contribution in [0, 0.1) is 6.92 Å². The summed E-state index contributed by atoms with van der Waals surface area (Å²) < 4.78 is 1.06. The fourth-order valence-electron chi connectivity index (χ4n) is 1.88. The van der Waals surface area contributed by atoms with Gasteiger partial charge in [0.15, 0.2) is 0 Å². The molecule has 2 heterocycles. The zero-order chi connectivity index (χ0) is 13.1. The van der Waals surface area contributed by atoms with Crippen molar-refractivity contribution in [3.05, 3.63) is 43.8 Å². The number of hydrogen-bond donors (Lipinski definition) is 2. The monoisotopic (exact) mass is 326 g/mol. The van der Waals surface area contributed by atoms with Crippen molar-refractivity contribution in [2.75, 3.05) is 0 Å². The van der Waals surface area contributed by atoms with E-state index in [9.17, 15) is 0 Å². The molecule has 0 fully saturated rings. The molecule has 0 aliphatic heterocycles. The summed E-state index contributed by atoms with van der Waals surface area (Å²) in [6, 6.07) is 4.02. The molecule has 0 saturated heterocycles. The summed E-state index contributed by atoms with van der Waals surface area (Å²) in [4.78, 5) is 1.15. The van der Waals surface area contributed by atoms with Gasteiger partial charge in [-0.15, -0.1) is 11.3 Å². The molecule has 2 aromatic rings. The number of nitrogens with one attached hydrogen (secondary N) is 1.